The summed E-state index contributed by atoms with van der Waals surface area (Å²) >= 11 is 14.3. The number of carbonyl (C=O) groups is 9. The van der Waals surface area contributed by atoms with Gasteiger partial charge in [-0.25, -0.2) is 5.48 Å². The zero-order valence-corrected chi connectivity index (χ0v) is 66.9. The van der Waals surface area contributed by atoms with Gasteiger partial charge in [0.15, 0.2) is 23.9 Å². The summed E-state index contributed by atoms with van der Waals surface area (Å²) in [6.45, 7) is 5.50. The zero-order chi connectivity index (χ0) is 89.1. The van der Waals surface area contributed by atoms with Crippen molar-refractivity contribution in [2.45, 2.75) is 169 Å². The van der Waals surface area contributed by atoms with Crippen molar-refractivity contribution < 1.29 is 141 Å². The number of primary amides is 1. The number of rotatable bonds is 19. The van der Waals surface area contributed by atoms with Crippen LogP contribution in [0, 0.1) is 5.92 Å². The Bertz CT molecular complexity index is 5220. The summed E-state index contributed by atoms with van der Waals surface area (Å²) in [5, 5.41) is 139. The Labute approximate surface area is 705 Å². The maximum Gasteiger partial charge on any atom is 0.573 e. The fourth-order valence-electron chi connectivity index (χ4n) is 14.7. The summed E-state index contributed by atoms with van der Waals surface area (Å²) in [7, 11) is 1.45. The summed E-state index contributed by atoms with van der Waals surface area (Å²) in [4.78, 5) is 136. The lowest BCUT2D eigenvalue weighted by molar-refractivity contribution is -0.334. The van der Waals surface area contributed by atoms with Gasteiger partial charge in [-0.3, -0.25) is 53.3 Å². The minimum atomic E-state index is -4.98. The number of hydroxylamine groups is 1. The minimum Gasteiger partial charge on any atom is -0.508 e. The summed E-state index contributed by atoms with van der Waals surface area (Å²) in [5.41, 5.74) is 3.19. The standard InChI is InChI=1S/C80H85Cl2F3N12O26/c1-31(2)16-46(87-5)71(109)95-61-63(103)36-9-14-50(44(81)19-36)118-52-21-38-22-53(67(52)122-78-68(66(106)65(105)54(30-98)120-78)121-56-26-79(4,69(107)32(3)117-56)89-28-33-17-39(29-88-27-33)90-70(108)34-6-11-41(12-7-34)123-80(83,84)85)119-51-15-10-37(20-45(51)82)64(104)62-76(114)94-60(77(115)97-116)43-23-40(99)24-49(101)57(43)42-18-35(8-13-48(42)100)58(73(111)96-62)93-74(112)59(38)92-72(110)47(25-55(86)102)91-75(61)113/h6-15,17-24,27,29,31-32,46-47,54,56,58-66,68-69,78,87,89,98-101,103-107,116H,16,25-26,28,30H2,1-5H3,(H2,86,102)(H,90,108)(H,91,113)(H,92,110)(H,93,112)(H,94,114)(H,95,109)(H,96,111)(H,97,115)/t32-,46+,47-,54+,56-,58+,59+,60+,61+,62-,63+,64+,65+,66-,68+,69+,78-,79-/m0/s1. The number of aliphatic hydroxyl groups excluding tert-OH is 6. The Morgan fingerprint density at radius 1 is 0.715 bits per heavy atom. The van der Waals surface area contributed by atoms with E-state index in [1.54, 1.807) is 20.8 Å². The number of halogens is 5. The molecule has 123 heavy (non-hydrogen) atoms. The summed E-state index contributed by atoms with van der Waals surface area (Å²) in [6, 6.07) is 4.43. The van der Waals surface area contributed by atoms with Crippen molar-refractivity contribution in [1.82, 2.24) is 53.0 Å². The van der Waals surface area contributed by atoms with E-state index >= 15 is 19.2 Å². The van der Waals surface area contributed by atoms with Gasteiger partial charge in [-0.1, -0.05) is 55.2 Å². The van der Waals surface area contributed by atoms with Crippen LogP contribution in [0.2, 0.25) is 10.0 Å². The van der Waals surface area contributed by atoms with Crippen molar-refractivity contribution in [2.75, 3.05) is 19.0 Å². The van der Waals surface area contributed by atoms with Gasteiger partial charge >= 0.3 is 6.36 Å². The van der Waals surface area contributed by atoms with Gasteiger partial charge in [0.2, 0.25) is 53.4 Å². The molecular formula is C80H85Cl2F3N12O26. The molecule has 7 aliphatic rings. The van der Waals surface area contributed by atoms with E-state index in [2.05, 4.69) is 57.6 Å². The fraction of sp³-hybridized carbons (Fsp3) is 0.375. The van der Waals surface area contributed by atoms with E-state index in [1.807, 2.05) is 0 Å². The fourth-order valence-corrected chi connectivity index (χ4v) is 15.1. The van der Waals surface area contributed by atoms with Crippen LogP contribution in [0.3, 0.4) is 0 Å². The number of hydrogen-bond donors (Lipinski definition) is 21. The summed E-state index contributed by atoms with van der Waals surface area (Å²) < 4.78 is 81.8. The lowest BCUT2D eigenvalue weighted by Gasteiger charge is -2.48. The molecule has 38 nitrogen and oxygen atoms in total. The molecule has 1 aromatic heterocycles. The Kier molecular flexibility index (Phi) is 27.6. The number of nitrogens with one attached hydrogen (secondary N) is 10. The van der Waals surface area contributed by atoms with Gasteiger partial charge in [-0.05, 0) is 152 Å². The second kappa shape index (κ2) is 37.5. The van der Waals surface area contributed by atoms with Crippen LogP contribution in [0.25, 0.3) is 11.1 Å². The van der Waals surface area contributed by atoms with Gasteiger partial charge in [0.05, 0.1) is 53.2 Å². The molecule has 7 aliphatic heterocycles. The molecule has 0 spiro atoms. The number of alkyl halides is 3. The average molecular weight is 1760 g/mol. The van der Waals surface area contributed by atoms with Crippen LogP contribution in [-0.4, -0.2) is 208 Å². The number of aromatic hydroxyl groups is 3. The van der Waals surface area contributed by atoms with Crippen molar-refractivity contribution in [3.8, 4) is 62.9 Å². The van der Waals surface area contributed by atoms with Crippen LogP contribution in [-0.2, 0) is 59.1 Å². The highest BCUT2D eigenvalue weighted by Crippen LogP contribution is 2.50. The third-order valence-electron chi connectivity index (χ3n) is 21.0. The van der Waals surface area contributed by atoms with Gasteiger partial charge in [-0.15, -0.1) is 13.2 Å². The van der Waals surface area contributed by atoms with Crippen molar-refractivity contribution in [3.05, 3.63) is 171 Å². The highest BCUT2D eigenvalue weighted by molar-refractivity contribution is 6.32. The van der Waals surface area contributed by atoms with Crippen LogP contribution in [0.1, 0.15) is 121 Å². The third kappa shape index (κ3) is 20.4. The average Bonchev–Trinajstić information content (AvgIpc) is 0.751. The number of nitrogens with zero attached hydrogens (tertiary/aromatic N) is 1. The monoisotopic (exact) mass is 1760 g/mol. The second-order valence-corrected chi connectivity index (χ2v) is 31.0. The van der Waals surface area contributed by atoms with Gasteiger partial charge in [0, 0.05) is 47.5 Å². The minimum absolute atomic E-state index is 0.0401. The number of amides is 9. The number of pyridine rings is 1. The predicted molar refractivity (Wildman–Crippen MR) is 420 cm³/mol. The number of phenolic OH excluding ortho intramolecular Hbond substituents is 3. The highest BCUT2D eigenvalue weighted by Gasteiger charge is 2.52. The van der Waals surface area contributed by atoms with Crippen LogP contribution in [0.5, 0.6) is 51.7 Å². The van der Waals surface area contributed by atoms with Crippen LogP contribution < -0.4 is 78.0 Å². The maximum absolute atomic E-state index is 16.3. The van der Waals surface area contributed by atoms with E-state index < -0.39 is 271 Å². The molecule has 9 amide bonds. The molecule has 656 valence electrons. The Morgan fingerprint density at radius 2 is 1.35 bits per heavy atom. The lowest BCUT2D eigenvalue weighted by Crippen LogP contribution is -2.65. The Hall–Kier alpha value is -11.8. The third-order valence-corrected chi connectivity index (χ3v) is 21.5. The van der Waals surface area contributed by atoms with E-state index in [1.165, 1.54) is 44.0 Å². The number of benzene rings is 6. The molecule has 11 bridgehead atoms. The number of aromatic nitrogens is 1. The molecule has 0 aliphatic carbocycles. The molecule has 0 saturated carbocycles. The van der Waals surface area contributed by atoms with Gasteiger partial charge < -0.3 is 133 Å². The van der Waals surface area contributed by atoms with E-state index in [9.17, 15) is 88.3 Å². The second-order valence-electron chi connectivity index (χ2n) is 30.2. The van der Waals surface area contributed by atoms with Gasteiger partial charge in [0.25, 0.3) is 11.8 Å². The first-order valence-corrected chi connectivity index (χ1v) is 38.7. The largest absolute Gasteiger partial charge is 0.573 e. The van der Waals surface area contributed by atoms with Crippen LogP contribution >= 0.6 is 23.2 Å². The molecule has 0 radical (unpaired) electrons. The predicted octanol–water partition coefficient (Wildman–Crippen LogP) is 2.90. The smallest absolute Gasteiger partial charge is 0.508 e. The van der Waals surface area contributed by atoms with E-state index in [0.717, 1.165) is 97.1 Å². The van der Waals surface area contributed by atoms with E-state index in [4.69, 9.17) is 57.4 Å². The summed E-state index contributed by atoms with van der Waals surface area (Å²) in [5.74, 6) is -17.5. The number of phenols is 3. The first kappa shape index (κ1) is 90.4. The van der Waals surface area contributed by atoms with Crippen molar-refractivity contribution in [2.24, 2.45) is 11.7 Å². The Morgan fingerprint density at radius 3 is 1.97 bits per heavy atom. The number of hydrogen-bond acceptors (Lipinski definition) is 29. The number of anilines is 1. The van der Waals surface area contributed by atoms with E-state index in [-0.39, 0.29) is 47.7 Å². The van der Waals surface area contributed by atoms with Crippen molar-refractivity contribution in [3.63, 3.8) is 0 Å². The molecular weight excluding hydrogens is 1670 g/mol. The number of ether oxygens (including phenoxy) is 7. The van der Waals surface area contributed by atoms with Crippen LogP contribution in [0.15, 0.2) is 122 Å². The number of likely N-dealkylation sites (N-methyl/N-ethyl adjacent to an activating group) is 1. The maximum atomic E-state index is 16.3. The molecule has 43 heteroatoms. The first-order chi connectivity index (χ1) is 58.2. The molecule has 2 fully saturated rings. The quantitative estimate of drug-likeness (QED) is 0.0409. The zero-order valence-electron chi connectivity index (χ0n) is 65.4. The van der Waals surface area contributed by atoms with Gasteiger partial charge in [-0.2, -0.15) is 0 Å². The first-order valence-electron chi connectivity index (χ1n) is 38.0. The molecule has 22 N–H and O–H groups in total. The number of aliphatic hydroxyl groups is 6. The Balaban J connectivity index is 1.01. The molecule has 18 atom stereocenters. The molecule has 0 unspecified atom stereocenters. The van der Waals surface area contributed by atoms with Crippen molar-refractivity contribution >= 4 is 82.1 Å². The lowest BCUT2D eigenvalue weighted by atomic mass is 9.84. The number of fused-ring (bicyclic) bond motifs is 15. The topological polar surface area (TPSA) is 580 Å². The summed E-state index contributed by atoms with van der Waals surface area (Å²) in [6.07, 6.45) is -22.1. The molecule has 6 aromatic carbocycles. The van der Waals surface area contributed by atoms with Crippen LogP contribution in [0.4, 0.5) is 18.9 Å². The van der Waals surface area contributed by atoms with E-state index in [0.29, 0.717) is 5.56 Å². The van der Waals surface area contributed by atoms with Gasteiger partial charge in [0.1, 0.15) is 101 Å². The molecule has 14 rings (SSSR count). The number of carbonyl (C=O) groups excluding carboxylic acids is 9. The normalized spacial score (nSPS) is 26.3. The molecule has 8 heterocycles. The highest BCUT2D eigenvalue weighted by atomic mass is 35.5. The molecule has 7 aromatic rings. The van der Waals surface area contributed by atoms with Crippen molar-refractivity contribution in [1.29, 1.82) is 0 Å². The number of nitrogens with two attached hydrogens (primary N) is 1. The SMILES string of the molecule is CN[C@H](CC(C)C)C(=O)N[C@H]1C(=O)N[C@@H](CC(N)=O)C(=O)N[C@H]2C(=O)N[C@H]3C(=O)N[C@H](C(=O)N[C@@H](C(=O)NO)c4cc(O)cc(O)c4-c4cc3ccc4O)[C@H](O)c3ccc(c(Cl)c3)Oc3cc2cc(c3O[C@@H]2O[C@H](CO)[C@@H](O)[C@H](O)[C@H]2O[C@H]2C[C@](C)(NCc3cncc(NC(=O)c4ccc(OC(F)(F)F)cc4)c3)[C@H](O)[C@H](C)O2)Oc2ccc(cc2Cl)[C@H]1O. The molecule has 2 saturated heterocycles.